The Morgan fingerprint density at radius 3 is 1.28 bits per heavy atom. The van der Waals surface area contributed by atoms with Gasteiger partial charge in [0.2, 0.25) is 76.8 Å². The number of hydrogen-bond donors (Lipinski definition) is 35. The van der Waals surface area contributed by atoms with Crippen LogP contribution in [0.4, 0.5) is 4.79 Å². The molecule has 14 atom stereocenters. The summed E-state index contributed by atoms with van der Waals surface area (Å²) >= 11 is 0. The van der Waals surface area contributed by atoms with E-state index in [0.29, 0.717) is 41.3 Å². The third-order valence-corrected chi connectivity index (χ3v) is 24.5. The van der Waals surface area contributed by atoms with Gasteiger partial charge in [-0.15, -0.1) is 0 Å². The molecule has 140 heavy (non-hydrogen) atoms. The van der Waals surface area contributed by atoms with Crippen molar-refractivity contribution in [3.8, 4) is 11.5 Å². The average molecular weight is 1990 g/mol. The van der Waals surface area contributed by atoms with E-state index in [1.807, 2.05) is 6.07 Å². The summed E-state index contributed by atoms with van der Waals surface area (Å²) in [5.74, 6) is -17.2. The van der Waals surface area contributed by atoms with E-state index in [4.69, 9.17) is 84.4 Å². The number of benzene rings is 4. The summed E-state index contributed by atoms with van der Waals surface area (Å²) in [5, 5.41) is 110. The van der Waals surface area contributed by atoms with Gasteiger partial charge >= 0.3 is 6.03 Å². The van der Waals surface area contributed by atoms with Crippen LogP contribution in [0.15, 0.2) is 103 Å². The number of phenolic OH excluding ortho intramolecular Hbond substituents is 2. The van der Waals surface area contributed by atoms with E-state index in [-0.39, 0.29) is 179 Å². The first-order valence-electron chi connectivity index (χ1n) is 46.2. The zero-order chi connectivity index (χ0) is 103. The Morgan fingerprint density at radius 1 is 0.400 bits per heavy atom. The number of amides is 15. The molecule has 0 unspecified atom stereocenters. The number of guanidine groups is 5. The van der Waals surface area contributed by atoms with Crippen molar-refractivity contribution in [2.75, 3.05) is 63.9 Å². The number of phenols is 2. The molecule has 0 aliphatic carbocycles. The van der Waals surface area contributed by atoms with Gasteiger partial charge < -0.3 is 163 Å². The molecule has 15 amide bonds. The van der Waals surface area contributed by atoms with Crippen molar-refractivity contribution < 1.29 is 77.3 Å². The van der Waals surface area contributed by atoms with Gasteiger partial charge in [0.1, 0.15) is 78.0 Å². The maximum atomic E-state index is 16.0. The van der Waals surface area contributed by atoms with E-state index in [1.54, 1.807) is 42.5 Å². The van der Waals surface area contributed by atoms with Gasteiger partial charge in [0.25, 0.3) is 0 Å². The molecule has 0 saturated heterocycles. The first-order chi connectivity index (χ1) is 66.7. The molecular formula is C89H141N33O16S2. The molecule has 4 aromatic carbocycles. The Balaban J connectivity index is 1.83. The van der Waals surface area contributed by atoms with E-state index in [9.17, 15) is 29.4 Å². The number of carbonyl (C=O) groups is 14. The molecule has 0 aromatic heterocycles. The van der Waals surface area contributed by atoms with Crippen molar-refractivity contribution in [1.82, 2.24) is 95.7 Å². The van der Waals surface area contributed by atoms with E-state index in [2.05, 4.69) is 95.7 Å². The second kappa shape index (κ2) is 63.3. The Hall–Kier alpha value is -14.2. The number of aromatic hydroxyl groups is 2. The fourth-order valence-electron chi connectivity index (χ4n) is 14.4. The summed E-state index contributed by atoms with van der Waals surface area (Å²) in [6.45, 7) is 1.86. The molecule has 0 radical (unpaired) electrons. The Bertz CT molecular complexity index is 4830. The fourth-order valence-corrected chi connectivity index (χ4v) is 16.8. The van der Waals surface area contributed by atoms with Crippen molar-refractivity contribution >= 4 is 145 Å². The number of urea groups is 1. The standard InChI is InChI=1S/C89H141N33O16S2/c1-50-24-31-56(16-4-6-36-90)111-74(128)61(18-5-7-37-91)114-75(129)63(21-11-41-108-87(100)101)117-80(134)67(46-52-28-34-58(124)35-29-52)120-83(137)70(122-81(135)68(47-53-25-30-54-14-2-3-15-55(54)44-53)119-77(131)62(20-10-40-107-86(98)99)113-73(127)59(92)17-8-38-105-84(94)95)49-140-139-48-69(82(136)112-60(71(93)125)19-9-39-106-85(96)97)121-78(132)65(23-13-43-110-89(104)138)115-76(130)64(22-12-42-109-88(102)103)116-79(133)66(118-72(50)126)45-51-26-32-57(123)33-27-51/h2-3,14-15,24-35,44,50,56,59-70,123-124H,4-13,16-23,36-43,45-49,90-92H2,1H3,(H2,93,125)(H,111,128)(H,112,136)(H,113,127)(H,114,129)(H,115,130)(H,116,133)(H,117,134)(H,118,126)(H,119,131)(H,120,137)(H,121,132)(H,122,135)(H4,94,95,105)(H4,96,97,106)(H4,98,99,107)(H4,100,101,108)(H4,102,103,109)(H3,104,110,138)/b31-24+/t50-,56-,59+,60+,61+,62+,63+,64+,65+,66+,67+,68+,69+,70+/m1/s1. The lowest BCUT2D eigenvalue weighted by molar-refractivity contribution is -0.135. The van der Waals surface area contributed by atoms with Crippen molar-refractivity contribution in [1.29, 1.82) is 27.0 Å². The molecule has 4 aromatic rings. The lowest BCUT2D eigenvalue weighted by Gasteiger charge is -2.28. The summed E-state index contributed by atoms with van der Waals surface area (Å²) in [6.07, 6.45) is 2.94. The molecule has 5 rings (SSSR count). The minimum atomic E-state index is -1.87. The lowest BCUT2D eigenvalue weighted by Crippen LogP contribution is -2.61. The SMILES string of the molecule is C[C@@H]1/C=C/[C@@H](CCCCN)NC(=O)[C@H](CCCCN)NC(=O)[C@H](CCCNC(=N)N)NC(=O)[C@H](Cc2ccc(O)cc2)NC(=O)[C@@H](NC(=O)[C@H](Cc2ccc3ccccc3c2)NC(=O)[C@H](CCCNC(=N)N)NC(=O)[C@@H](N)CCCNC(=N)N)CSSC[C@@H](C(=O)N[C@@H](CCCNC(=N)N)C(N)=O)NC(=O)[C@H](CCCNC(N)=O)NC(=O)[C@H](CCCNC(=N)N)NC(=O)[C@H](Cc2ccc(O)cc2)NC1=O. The van der Waals surface area contributed by atoms with Crippen molar-refractivity contribution in [3.63, 3.8) is 0 Å². The number of nitrogens with two attached hydrogens (primary N) is 10. The lowest BCUT2D eigenvalue weighted by atomic mass is 10.00. The predicted octanol–water partition coefficient (Wildman–Crippen LogP) is -5.48. The van der Waals surface area contributed by atoms with Crippen molar-refractivity contribution in [2.45, 2.75) is 220 Å². The Kier molecular flexibility index (Phi) is 52.6. The topological polar surface area (TPSA) is 875 Å². The average Bonchev–Trinajstić information content (AvgIpc) is 0.821. The zero-order valence-corrected chi connectivity index (χ0v) is 80.2. The molecular weight excluding hydrogens is 1850 g/mol. The van der Waals surface area contributed by atoms with Crippen LogP contribution in [-0.2, 0) is 81.6 Å². The third kappa shape index (κ3) is 45.8. The van der Waals surface area contributed by atoms with E-state index >= 15 is 47.9 Å². The van der Waals surface area contributed by atoms with Gasteiger partial charge in [-0.2, -0.15) is 0 Å². The van der Waals surface area contributed by atoms with Gasteiger partial charge in [0, 0.05) is 76.1 Å². The van der Waals surface area contributed by atoms with Crippen LogP contribution in [0.2, 0.25) is 0 Å². The molecule has 0 fully saturated rings. The largest absolute Gasteiger partial charge is 0.508 e. The molecule has 45 N–H and O–H groups in total. The molecule has 51 heteroatoms. The summed E-state index contributed by atoms with van der Waals surface area (Å²) < 4.78 is 0. The quantitative estimate of drug-likeness (QED) is 0.00645. The first kappa shape index (κ1) is 116. The van der Waals surface area contributed by atoms with Crippen LogP contribution in [0, 0.1) is 33.0 Å². The second-order valence-electron chi connectivity index (χ2n) is 33.6. The molecule has 49 nitrogen and oxygen atoms in total. The van der Waals surface area contributed by atoms with Gasteiger partial charge in [-0.05, 0) is 180 Å². The molecule has 770 valence electrons. The van der Waals surface area contributed by atoms with Gasteiger partial charge in [0.15, 0.2) is 29.8 Å². The number of rotatable bonds is 47. The van der Waals surface area contributed by atoms with Gasteiger partial charge in [-0.25, -0.2) is 4.79 Å². The second-order valence-corrected chi connectivity index (χ2v) is 36.1. The minimum Gasteiger partial charge on any atom is -0.508 e. The van der Waals surface area contributed by atoms with Gasteiger partial charge in [-0.3, -0.25) is 89.4 Å². The summed E-state index contributed by atoms with van der Waals surface area (Å²) in [6, 6.07) is 2.60. The van der Waals surface area contributed by atoms with Crippen LogP contribution >= 0.6 is 21.6 Å². The van der Waals surface area contributed by atoms with E-state index in [1.165, 1.54) is 61.5 Å². The molecule has 0 saturated carbocycles. The third-order valence-electron chi connectivity index (χ3n) is 22.1. The van der Waals surface area contributed by atoms with Crippen LogP contribution in [0.25, 0.3) is 10.8 Å². The van der Waals surface area contributed by atoms with E-state index < -0.39 is 209 Å². The van der Waals surface area contributed by atoms with Crippen LogP contribution < -0.4 is 153 Å². The van der Waals surface area contributed by atoms with Crippen LogP contribution in [-0.4, -0.2) is 265 Å². The summed E-state index contributed by atoms with van der Waals surface area (Å²) in [7, 11) is 1.55. The van der Waals surface area contributed by atoms with Gasteiger partial charge in [-0.1, -0.05) is 107 Å². The van der Waals surface area contributed by atoms with Crippen molar-refractivity contribution in [3.05, 3.63) is 120 Å². The number of carbonyl (C=O) groups excluding carboxylic acids is 14. The number of primary amides is 2. The highest BCUT2D eigenvalue weighted by molar-refractivity contribution is 8.76. The number of nitrogens with one attached hydrogen (secondary N) is 23. The maximum absolute atomic E-state index is 16.0. The first-order valence-corrected chi connectivity index (χ1v) is 48.7. The highest BCUT2D eigenvalue weighted by Crippen LogP contribution is 2.26. The monoisotopic (exact) mass is 1990 g/mol. The minimum absolute atomic E-state index is 0.00155. The van der Waals surface area contributed by atoms with Crippen LogP contribution in [0.5, 0.6) is 11.5 Å². The Labute approximate surface area is 819 Å². The fraction of sp³-hybridized carbons (Fsp3) is 0.517. The van der Waals surface area contributed by atoms with Crippen LogP contribution in [0.3, 0.4) is 0 Å². The van der Waals surface area contributed by atoms with Crippen molar-refractivity contribution in [2.24, 2.45) is 63.3 Å². The smallest absolute Gasteiger partial charge is 0.312 e. The number of fused-ring (bicyclic) bond motifs is 1. The highest BCUT2D eigenvalue weighted by Gasteiger charge is 2.38. The zero-order valence-electron chi connectivity index (χ0n) is 78.5. The normalized spacial score (nSPS) is 20.1. The summed E-state index contributed by atoms with van der Waals surface area (Å²) in [4.78, 5) is 208. The predicted molar refractivity (Wildman–Crippen MR) is 533 cm³/mol. The molecule has 1 aliphatic rings. The molecule has 0 bridgehead atoms. The number of hydrogen-bond acceptors (Lipinski definition) is 26. The molecule has 1 heterocycles. The van der Waals surface area contributed by atoms with E-state index in [0.717, 1.165) is 27.0 Å². The molecule has 0 spiro atoms. The maximum Gasteiger partial charge on any atom is 0.312 e. The molecule has 1 aliphatic heterocycles. The van der Waals surface area contributed by atoms with Crippen LogP contribution in [0.1, 0.15) is 139 Å². The summed E-state index contributed by atoms with van der Waals surface area (Å²) in [5.41, 5.74) is 58.8. The highest BCUT2D eigenvalue weighted by atomic mass is 33.1. The van der Waals surface area contributed by atoms with Gasteiger partial charge in [0.05, 0.1) is 12.0 Å². The Morgan fingerprint density at radius 2 is 0.800 bits per heavy atom. The number of unbranched alkanes of at least 4 members (excludes halogenated alkanes) is 2.